The van der Waals surface area contributed by atoms with Gasteiger partial charge in [-0.25, -0.2) is 0 Å². The van der Waals surface area contributed by atoms with Crippen molar-refractivity contribution in [1.29, 1.82) is 0 Å². The lowest BCUT2D eigenvalue weighted by Gasteiger charge is -2.15. The van der Waals surface area contributed by atoms with Crippen molar-refractivity contribution >= 4 is 23.2 Å². The number of hydrogen-bond donors (Lipinski definition) is 2. The van der Waals surface area contributed by atoms with Crippen LogP contribution in [0.1, 0.15) is 23.2 Å². The Labute approximate surface area is 199 Å². The molecule has 0 unspecified atom stereocenters. The van der Waals surface area contributed by atoms with Gasteiger partial charge < -0.3 is 25.0 Å². The lowest BCUT2D eigenvalue weighted by atomic mass is 10.2. The SMILES string of the molecule is O=C(CNc1ccc(OCCOc2ccccc2)cc1)Nc1ccc(C(=O)N2CCCC2)cc1. The maximum Gasteiger partial charge on any atom is 0.253 e. The molecule has 0 bridgehead atoms. The van der Waals surface area contributed by atoms with Crippen LogP contribution in [0.3, 0.4) is 0 Å². The lowest BCUT2D eigenvalue weighted by molar-refractivity contribution is -0.114. The van der Waals surface area contributed by atoms with E-state index >= 15 is 0 Å². The third-order valence-electron chi connectivity index (χ3n) is 5.48. The Balaban J connectivity index is 1.16. The molecule has 0 radical (unpaired) electrons. The van der Waals surface area contributed by atoms with E-state index in [2.05, 4.69) is 10.6 Å². The summed E-state index contributed by atoms with van der Waals surface area (Å²) in [5, 5.41) is 5.94. The molecule has 1 saturated heterocycles. The van der Waals surface area contributed by atoms with Gasteiger partial charge in [-0.1, -0.05) is 18.2 Å². The Bertz CT molecular complexity index is 1060. The molecule has 176 valence electrons. The molecule has 2 amide bonds. The van der Waals surface area contributed by atoms with Gasteiger partial charge in [0.2, 0.25) is 5.91 Å². The minimum absolute atomic E-state index is 0.0493. The predicted molar refractivity (Wildman–Crippen MR) is 133 cm³/mol. The number of anilines is 2. The Kier molecular flexibility index (Phi) is 8.00. The molecule has 0 spiro atoms. The van der Waals surface area contributed by atoms with Gasteiger partial charge in [0, 0.05) is 30.0 Å². The molecule has 7 heteroatoms. The average Bonchev–Trinajstić information content (AvgIpc) is 3.42. The number of rotatable bonds is 10. The van der Waals surface area contributed by atoms with E-state index in [0.717, 1.165) is 43.1 Å². The molecule has 34 heavy (non-hydrogen) atoms. The molecule has 0 aromatic heterocycles. The van der Waals surface area contributed by atoms with E-state index < -0.39 is 0 Å². The molecule has 0 saturated carbocycles. The molecule has 0 aliphatic carbocycles. The topological polar surface area (TPSA) is 79.9 Å². The predicted octanol–water partition coefficient (Wildman–Crippen LogP) is 4.43. The maximum atomic E-state index is 12.4. The Morgan fingerprint density at radius 2 is 1.32 bits per heavy atom. The van der Waals surface area contributed by atoms with E-state index in [9.17, 15) is 9.59 Å². The normalized spacial score (nSPS) is 12.8. The van der Waals surface area contributed by atoms with Gasteiger partial charge in [0.25, 0.3) is 5.91 Å². The zero-order chi connectivity index (χ0) is 23.6. The highest BCUT2D eigenvalue weighted by Crippen LogP contribution is 2.17. The molecule has 1 aliphatic rings. The molecular weight excluding hydrogens is 430 g/mol. The molecule has 0 atom stereocenters. The fourth-order valence-electron chi connectivity index (χ4n) is 3.69. The molecule has 3 aromatic carbocycles. The van der Waals surface area contributed by atoms with Crippen LogP contribution in [0.15, 0.2) is 78.9 Å². The number of ether oxygens (including phenoxy) is 2. The van der Waals surface area contributed by atoms with Crippen LogP contribution in [0.4, 0.5) is 11.4 Å². The van der Waals surface area contributed by atoms with Crippen molar-refractivity contribution in [2.75, 3.05) is 43.5 Å². The van der Waals surface area contributed by atoms with Crippen LogP contribution in [-0.4, -0.2) is 49.6 Å². The first-order valence-corrected chi connectivity index (χ1v) is 11.5. The van der Waals surface area contributed by atoms with E-state index in [1.807, 2.05) is 59.5 Å². The van der Waals surface area contributed by atoms with Crippen molar-refractivity contribution in [3.63, 3.8) is 0 Å². The number of benzene rings is 3. The van der Waals surface area contributed by atoms with Gasteiger partial charge in [-0.15, -0.1) is 0 Å². The van der Waals surface area contributed by atoms with Crippen molar-refractivity contribution in [1.82, 2.24) is 4.90 Å². The lowest BCUT2D eigenvalue weighted by Crippen LogP contribution is -2.27. The summed E-state index contributed by atoms with van der Waals surface area (Å²) in [7, 11) is 0. The molecular formula is C27H29N3O4. The maximum absolute atomic E-state index is 12.4. The summed E-state index contributed by atoms with van der Waals surface area (Å²) in [6.07, 6.45) is 2.12. The van der Waals surface area contributed by atoms with Crippen molar-refractivity contribution in [3.05, 3.63) is 84.4 Å². The largest absolute Gasteiger partial charge is 0.490 e. The first kappa shape index (κ1) is 23.2. The number of carbonyl (C=O) groups is 2. The van der Waals surface area contributed by atoms with Gasteiger partial charge in [-0.3, -0.25) is 9.59 Å². The molecule has 3 aromatic rings. The van der Waals surface area contributed by atoms with Crippen molar-refractivity contribution in [2.24, 2.45) is 0 Å². The minimum atomic E-state index is -0.169. The van der Waals surface area contributed by atoms with Crippen molar-refractivity contribution < 1.29 is 19.1 Å². The zero-order valence-electron chi connectivity index (χ0n) is 19.0. The van der Waals surface area contributed by atoms with Crippen molar-refractivity contribution in [2.45, 2.75) is 12.8 Å². The van der Waals surface area contributed by atoms with Gasteiger partial charge in [-0.2, -0.15) is 0 Å². The Morgan fingerprint density at radius 3 is 1.97 bits per heavy atom. The summed E-state index contributed by atoms with van der Waals surface area (Å²) < 4.78 is 11.3. The average molecular weight is 460 g/mol. The van der Waals surface area contributed by atoms with E-state index in [1.165, 1.54) is 0 Å². The zero-order valence-corrected chi connectivity index (χ0v) is 19.0. The Morgan fingerprint density at radius 1 is 0.735 bits per heavy atom. The van der Waals surface area contributed by atoms with E-state index in [-0.39, 0.29) is 18.4 Å². The second-order valence-electron chi connectivity index (χ2n) is 8.01. The summed E-state index contributed by atoms with van der Waals surface area (Å²) in [4.78, 5) is 26.6. The summed E-state index contributed by atoms with van der Waals surface area (Å²) in [6, 6.07) is 24.1. The van der Waals surface area contributed by atoms with Gasteiger partial charge in [0.15, 0.2) is 0 Å². The number of nitrogens with zero attached hydrogens (tertiary/aromatic N) is 1. The van der Waals surface area contributed by atoms with Crippen LogP contribution in [0, 0.1) is 0 Å². The summed E-state index contributed by atoms with van der Waals surface area (Å²) in [6.45, 7) is 2.65. The third kappa shape index (κ3) is 6.75. The van der Waals surface area contributed by atoms with E-state index in [4.69, 9.17) is 9.47 Å². The fraction of sp³-hybridized carbons (Fsp3) is 0.259. The van der Waals surface area contributed by atoms with Crippen LogP contribution >= 0.6 is 0 Å². The first-order valence-electron chi connectivity index (χ1n) is 11.5. The van der Waals surface area contributed by atoms with Crippen LogP contribution in [-0.2, 0) is 4.79 Å². The van der Waals surface area contributed by atoms with Crippen LogP contribution in [0.2, 0.25) is 0 Å². The fourth-order valence-corrected chi connectivity index (χ4v) is 3.69. The smallest absolute Gasteiger partial charge is 0.253 e. The molecule has 2 N–H and O–H groups in total. The molecule has 1 fully saturated rings. The second kappa shape index (κ2) is 11.7. The first-order chi connectivity index (χ1) is 16.7. The molecule has 1 heterocycles. The van der Waals surface area contributed by atoms with Gasteiger partial charge >= 0.3 is 0 Å². The molecule has 4 rings (SSSR count). The molecule has 7 nitrogen and oxygen atoms in total. The Hall–Kier alpha value is -4.00. The number of para-hydroxylation sites is 1. The second-order valence-corrected chi connectivity index (χ2v) is 8.01. The summed E-state index contributed by atoms with van der Waals surface area (Å²) in [5.74, 6) is 1.43. The number of nitrogens with one attached hydrogen (secondary N) is 2. The third-order valence-corrected chi connectivity index (χ3v) is 5.48. The minimum Gasteiger partial charge on any atom is -0.490 e. The monoisotopic (exact) mass is 459 g/mol. The molecule has 1 aliphatic heterocycles. The number of hydrogen-bond acceptors (Lipinski definition) is 5. The van der Waals surface area contributed by atoms with E-state index in [0.29, 0.717) is 24.5 Å². The highest BCUT2D eigenvalue weighted by Gasteiger charge is 2.19. The van der Waals surface area contributed by atoms with Gasteiger partial charge in [-0.05, 0) is 73.5 Å². The number of likely N-dealkylation sites (tertiary alicyclic amines) is 1. The van der Waals surface area contributed by atoms with E-state index in [1.54, 1.807) is 24.3 Å². The summed E-state index contributed by atoms with van der Waals surface area (Å²) in [5.41, 5.74) is 2.12. The van der Waals surface area contributed by atoms with Gasteiger partial charge in [0.05, 0.1) is 6.54 Å². The van der Waals surface area contributed by atoms with Crippen LogP contribution < -0.4 is 20.1 Å². The standard InChI is InChI=1S/C27H29N3O4/c31-26(29-23-10-8-21(9-11-23)27(32)30-16-4-5-17-30)20-28-22-12-14-25(15-13-22)34-19-18-33-24-6-2-1-3-7-24/h1-3,6-15,28H,4-5,16-20H2,(H,29,31). The quantitative estimate of drug-likeness (QED) is 0.439. The van der Waals surface area contributed by atoms with Crippen molar-refractivity contribution in [3.8, 4) is 11.5 Å². The van der Waals surface area contributed by atoms with Crippen LogP contribution in [0.5, 0.6) is 11.5 Å². The number of amides is 2. The number of carbonyl (C=O) groups excluding carboxylic acids is 2. The highest BCUT2D eigenvalue weighted by atomic mass is 16.5. The van der Waals surface area contributed by atoms with Crippen LogP contribution in [0.25, 0.3) is 0 Å². The van der Waals surface area contributed by atoms with Gasteiger partial charge in [0.1, 0.15) is 24.7 Å². The summed E-state index contributed by atoms with van der Waals surface area (Å²) >= 11 is 0. The highest BCUT2D eigenvalue weighted by molar-refractivity contribution is 5.96.